The monoisotopic (exact) mass is 252 g/mol. The second kappa shape index (κ2) is 4.87. The molecule has 19 heavy (non-hydrogen) atoms. The molecule has 0 saturated carbocycles. The zero-order valence-electron chi connectivity index (χ0n) is 10.1. The third-order valence-electron chi connectivity index (χ3n) is 2.72. The molecule has 0 aliphatic heterocycles. The van der Waals surface area contributed by atoms with Crippen LogP contribution in [0, 0.1) is 0 Å². The molecule has 0 atom stereocenters. The smallest absolute Gasteiger partial charge is 0.158 e. The molecule has 1 aromatic carbocycles. The lowest BCUT2D eigenvalue weighted by molar-refractivity contribution is 0.839. The van der Waals surface area contributed by atoms with Crippen molar-refractivity contribution in [1.29, 1.82) is 0 Å². The molecule has 3 rings (SSSR count). The minimum absolute atomic E-state index is 0.543. The van der Waals surface area contributed by atoms with E-state index in [1.54, 1.807) is 16.9 Å². The van der Waals surface area contributed by atoms with Crippen LogP contribution >= 0.6 is 0 Å². The summed E-state index contributed by atoms with van der Waals surface area (Å²) in [6.07, 6.45) is 5.15. The van der Waals surface area contributed by atoms with Crippen LogP contribution in [0.1, 0.15) is 0 Å². The second-order valence-corrected chi connectivity index (χ2v) is 3.95. The average Bonchev–Trinajstić information content (AvgIpc) is 2.98. The Hall–Kier alpha value is -2.73. The molecule has 0 aliphatic carbocycles. The van der Waals surface area contributed by atoms with E-state index in [1.165, 1.54) is 6.33 Å². The molecule has 2 aromatic heterocycles. The number of hydrogen-bond acceptors (Lipinski definition) is 5. The molecule has 0 radical (unpaired) electrons. The standard InChI is InChI=1S/C13H12N6/c14-18-12-6-13(16-9-15-12)19-8-11(7-17-19)10-4-2-1-3-5-10/h1-9H,14H2,(H,15,16,18). The molecule has 6 heteroatoms. The first kappa shape index (κ1) is 11.4. The van der Waals surface area contributed by atoms with E-state index in [4.69, 9.17) is 5.84 Å². The molecule has 94 valence electrons. The number of nitrogens with zero attached hydrogens (tertiary/aromatic N) is 4. The van der Waals surface area contributed by atoms with Crippen molar-refractivity contribution in [3.63, 3.8) is 0 Å². The maximum atomic E-state index is 5.32. The van der Waals surface area contributed by atoms with Gasteiger partial charge in [0, 0.05) is 17.8 Å². The van der Waals surface area contributed by atoms with E-state index in [0.29, 0.717) is 11.6 Å². The lowest BCUT2D eigenvalue weighted by atomic mass is 10.1. The van der Waals surface area contributed by atoms with Crippen LogP contribution in [0.5, 0.6) is 0 Å². The first-order valence-electron chi connectivity index (χ1n) is 5.76. The fourth-order valence-corrected chi connectivity index (χ4v) is 1.78. The van der Waals surface area contributed by atoms with Gasteiger partial charge in [0.2, 0.25) is 0 Å². The summed E-state index contributed by atoms with van der Waals surface area (Å²) in [5.41, 5.74) is 4.62. The number of anilines is 1. The summed E-state index contributed by atoms with van der Waals surface area (Å²) < 4.78 is 1.69. The summed E-state index contributed by atoms with van der Waals surface area (Å²) in [5.74, 6) is 6.52. The summed E-state index contributed by atoms with van der Waals surface area (Å²) in [6, 6.07) is 11.8. The number of hydrogen-bond donors (Lipinski definition) is 2. The minimum atomic E-state index is 0.543. The number of rotatable bonds is 3. The van der Waals surface area contributed by atoms with Gasteiger partial charge in [0.05, 0.1) is 6.20 Å². The fraction of sp³-hybridized carbons (Fsp3) is 0. The zero-order valence-corrected chi connectivity index (χ0v) is 10.1. The van der Waals surface area contributed by atoms with Crippen molar-refractivity contribution in [2.24, 2.45) is 5.84 Å². The number of benzene rings is 1. The van der Waals surface area contributed by atoms with Crippen molar-refractivity contribution in [2.75, 3.05) is 5.43 Å². The summed E-state index contributed by atoms with van der Waals surface area (Å²) in [5, 5.41) is 4.30. The number of nitrogen functional groups attached to an aromatic ring is 1. The number of hydrazine groups is 1. The number of aromatic nitrogens is 4. The third kappa shape index (κ3) is 2.29. The molecular weight excluding hydrogens is 240 g/mol. The predicted octanol–water partition coefficient (Wildman–Crippen LogP) is 1.61. The molecule has 6 nitrogen and oxygen atoms in total. The van der Waals surface area contributed by atoms with Gasteiger partial charge in [-0.05, 0) is 5.56 Å². The topological polar surface area (TPSA) is 81.6 Å². The molecule has 0 amide bonds. The van der Waals surface area contributed by atoms with Crippen LogP contribution in [0.25, 0.3) is 16.9 Å². The maximum Gasteiger partial charge on any atom is 0.158 e. The highest BCUT2D eigenvalue weighted by Gasteiger charge is 2.04. The lowest BCUT2D eigenvalue weighted by Gasteiger charge is -2.02. The highest BCUT2D eigenvalue weighted by atomic mass is 15.3. The Labute approximate surface area is 109 Å². The van der Waals surface area contributed by atoms with E-state index in [0.717, 1.165) is 11.1 Å². The molecule has 2 heterocycles. The number of nitrogens with one attached hydrogen (secondary N) is 1. The highest BCUT2D eigenvalue weighted by molar-refractivity contribution is 5.61. The largest absolute Gasteiger partial charge is 0.308 e. The van der Waals surface area contributed by atoms with Crippen molar-refractivity contribution in [3.05, 3.63) is 55.1 Å². The van der Waals surface area contributed by atoms with Crippen LogP contribution in [0.15, 0.2) is 55.1 Å². The summed E-state index contributed by atoms with van der Waals surface area (Å²) in [6.45, 7) is 0. The highest BCUT2D eigenvalue weighted by Crippen LogP contribution is 2.19. The van der Waals surface area contributed by atoms with E-state index in [-0.39, 0.29) is 0 Å². The molecule has 0 unspecified atom stereocenters. The molecule has 3 aromatic rings. The quantitative estimate of drug-likeness (QED) is 0.546. The van der Waals surface area contributed by atoms with Crippen molar-refractivity contribution in [3.8, 4) is 16.9 Å². The Bertz CT molecular complexity index is 676. The van der Waals surface area contributed by atoms with E-state index < -0.39 is 0 Å². The Morgan fingerprint density at radius 2 is 1.89 bits per heavy atom. The van der Waals surface area contributed by atoms with Crippen LogP contribution in [0.3, 0.4) is 0 Å². The Kier molecular flexibility index (Phi) is 2.91. The second-order valence-electron chi connectivity index (χ2n) is 3.95. The van der Waals surface area contributed by atoms with Crippen molar-refractivity contribution in [2.45, 2.75) is 0 Å². The minimum Gasteiger partial charge on any atom is -0.308 e. The van der Waals surface area contributed by atoms with Crippen LogP contribution in [0.4, 0.5) is 5.82 Å². The Morgan fingerprint density at radius 3 is 2.68 bits per heavy atom. The summed E-state index contributed by atoms with van der Waals surface area (Å²) in [7, 11) is 0. The maximum absolute atomic E-state index is 5.32. The Morgan fingerprint density at radius 1 is 1.05 bits per heavy atom. The summed E-state index contributed by atoms with van der Waals surface area (Å²) in [4.78, 5) is 8.12. The van der Waals surface area contributed by atoms with E-state index in [9.17, 15) is 0 Å². The van der Waals surface area contributed by atoms with Gasteiger partial charge >= 0.3 is 0 Å². The molecule has 0 saturated heterocycles. The third-order valence-corrected chi connectivity index (χ3v) is 2.72. The molecule has 0 spiro atoms. The van der Waals surface area contributed by atoms with Crippen molar-refractivity contribution >= 4 is 5.82 Å². The predicted molar refractivity (Wildman–Crippen MR) is 72.4 cm³/mol. The van der Waals surface area contributed by atoms with Gasteiger partial charge in [-0.25, -0.2) is 20.5 Å². The van der Waals surface area contributed by atoms with Gasteiger partial charge in [-0.1, -0.05) is 30.3 Å². The SMILES string of the molecule is NNc1cc(-n2cc(-c3ccccc3)cn2)ncn1. The van der Waals surface area contributed by atoms with Gasteiger partial charge in [0.25, 0.3) is 0 Å². The van der Waals surface area contributed by atoms with Gasteiger partial charge in [-0.15, -0.1) is 0 Å². The van der Waals surface area contributed by atoms with Crippen LogP contribution in [0.2, 0.25) is 0 Å². The zero-order chi connectivity index (χ0) is 13.1. The van der Waals surface area contributed by atoms with Crippen LogP contribution in [-0.4, -0.2) is 19.7 Å². The summed E-state index contributed by atoms with van der Waals surface area (Å²) >= 11 is 0. The molecule has 0 aliphatic rings. The van der Waals surface area contributed by atoms with E-state index >= 15 is 0 Å². The number of nitrogens with two attached hydrogens (primary N) is 1. The van der Waals surface area contributed by atoms with Crippen molar-refractivity contribution < 1.29 is 0 Å². The van der Waals surface area contributed by atoms with Gasteiger partial charge in [0.1, 0.15) is 12.1 Å². The van der Waals surface area contributed by atoms with Gasteiger partial charge in [-0.2, -0.15) is 5.10 Å². The fourth-order valence-electron chi connectivity index (χ4n) is 1.78. The Balaban J connectivity index is 1.97. The van der Waals surface area contributed by atoms with Crippen LogP contribution in [-0.2, 0) is 0 Å². The first-order chi connectivity index (χ1) is 9.36. The molecule has 0 fully saturated rings. The van der Waals surface area contributed by atoms with Crippen molar-refractivity contribution in [1.82, 2.24) is 19.7 Å². The average molecular weight is 252 g/mol. The van der Waals surface area contributed by atoms with Crippen LogP contribution < -0.4 is 11.3 Å². The normalized spacial score (nSPS) is 10.4. The van der Waals surface area contributed by atoms with Gasteiger partial charge in [0.15, 0.2) is 5.82 Å². The van der Waals surface area contributed by atoms with E-state index in [1.807, 2.05) is 36.5 Å². The van der Waals surface area contributed by atoms with E-state index in [2.05, 4.69) is 20.5 Å². The lowest BCUT2D eigenvalue weighted by Crippen LogP contribution is -2.10. The molecular formula is C13H12N6. The molecule has 0 bridgehead atoms. The van der Waals surface area contributed by atoms with Gasteiger partial charge in [-0.3, -0.25) is 0 Å². The first-order valence-corrected chi connectivity index (χ1v) is 5.76. The molecule has 3 N–H and O–H groups in total. The van der Waals surface area contributed by atoms with Gasteiger partial charge < -0.3 is 5.43 Å².